The number of nitrogens with two attached hydrogens (primary N) is 1. The fourth-order valence-corrected chi connectivity index (χ4v) is 1.75. The Morgan fingerprint density at radius 2 is 2.25 bits per heavy atom. The van der Waals surface area contributed by atoms with Gasteiger partial charge in [-0.1, -0.05) is 6.92 Å². The Morgan fingerprint density at radius 3 is 2.88 bits per heavy atom. The molecule has 92 valence electrons. The van der Waals surface area contributed by atoms with Gasteiger partial charge in [-0.2, -0.15) is 0 Å². The Bertz CT molecular complexity index is 307. The van der Waals surface area contributed by atoms with E-state index in [0.29, 0.717) is 0 Å². The summed E-state index contributed by atoms with van der Waals surface area (Å²) < 4.78 is 2.19. The highest BCUT2D eigenvalue weighted by Crippen LogP contribution is 2.11. The molecule has 0 spiro atoms. The lowest BCUT2D eigenvalue weighted by Gasteiger charge is -2.21. The number of hydrogen-bond acceptors (Lipinski definition) is 3. The predicted molar refractivity (Wildman–Crippen MR) is 65.1 cm³/mol. The maximum absolute atomic E-state index is 9.02. The minimum Gasteiger partial charge on any atom is -0.394 e. The van der Waals surface area contributed by atoms with Gasteiger partial charge in [0.1, 0.15) is 5.82 Å². The molecule has 0 saturated heterocycles. The monoisotopic (exact) mass is 225 g/mol. The third-order valence-electron chi connectivity index (χ3n) is 2.88. The van der Waals surface area contributed by atoms with E-state index >= 15 is 0 Å². The van der Waals surface area contributed by atoms with Crippen LogP contribution in [0.2, 0.25) is 0 Å². The number of aliphatic hydroxyl groups excluding tert-OH is 1. The molecule has 0 radical (unpaired) electrons. The molecule has 4 heteroatoms. The Labute approximate surface area is 97.5 Å². The van der Waals surface area contributed by atoms with E-state index < -0.39 is 5.54 Å². The van der Waals surface area contributed by atoms with Gasteiger partial charge in [0, 0.05) is 30.9 Å². The van der Waals surface area contributed by atoms with Gasteiger partial charge in [0.15, 0.2) is 0 Å². The van der Waals surface area contributed by atoms with Crippen molar-refractivity contribution in [3.63, 3.8) is 0 Å². The molecule has 1 rings (SSSR count). The number of nitrogens with zero attached hydrogens (tertiary/aromatic N) is 2. The third-order valence-corrected chi connectivity index (χ3v) is 2.88. The molecular weight excluding hydrogens is 202 g/mol. The first kappa shape index (κ1) is 13.2. The molecule has 1 aromatic heterocycles. The van der Waals surface area contributed by atoms with E-state index in [9.17, 15) is 0 Å². The summed E-state index contributed by atoms with van der Waals surface area (Å²) in [5.41, 5.74) is 5.43. The lowest BCUT2D eigenvalue weighted by molar-refractivity contribution is 0.197. The number of hydrogen-bond donors (Lipinski definition) is 2. The third kappa shape index (κ3) is 3.94. The van der Waals surface area contributed by atoms with Crippen molar-refractivity contribution >= 4 is 0 Å². The zero-order chi connectivity index (χ0) is 12.0. The summed E-state index contributed by atoms with van der Waals surface area (Å²) in [6.45, 7) is 5.05. The number of rotatable bonds is 7. The maximum atomic E-state index is 9.02. The summed E-state index contributed by atoms with van der Waals surface area (Å²) in [5, 5.41) is 9.02. The highest BCUT2D eigenvalue weighted by atomic mass is 16.3. The summed E-state index contributed by atoms with van der Waals surface area (Å²) in [7, 11) is 0. The van der Waals surface area contributed by atoms with Crippen LogP contribution in [0.15, 0.2) is 12.4 Å². The van der Waals surface area contributed by atoms with Gasteiger partial charge in [-0.3, -0.25) is 0 Å². The van der Waals surface area contributed by atoms with Crippen LogP contribution in [-0.4, -0.2) is 26.8 Å². The van der Waals surface area contributed by atoms with Gasteiger partial charge in [-0.05, 0) is 26.2 Å². The van der Waals surface area contributed by atoms with E-state index in [2.05, 4.69) is 16.5 Å². The van der Waals surface area contributed by atoms with Crippen LogP contribution in [0.1, 0.15) is 38.9 Å². The number of aliphatic hydroxyl groups is 1. The van der Waals surface area contributed by atoms with Crippen LogP contribution >= 0.6 is 0 Å². The minimum atomic E-state index is -0.428. The zero-order valence-corrected chi connectivity index (χ0v) is 10.3. The van der Waals surface area contributed by atoms with Crippen LogP contribution in [0, 0.1) is 0 Å². The van der Waals surface area contributed by atoms with E-state index in [4.69, 9.17) is 10.8 Å². The summed E-state index contributed by atoms with van der Waals surface area (Å²) in [6, 6.07) is 0. The summed E-state index contributed by atoms with van der Waals surface area (Å²) in [4.78, 5) is 4.28. The Hall–Kier alpha value is -0.870. The van der Waals surface area contributed by atoms with Crippen LogP contribution in [0.4, 0.5) is 0 Å². The molecule has 3 N–H and O–H groups in total. The fourth-order valence-electron chi connectivity index (χ4n) is 1.75. The second kappa shape index (κ2) is 6.01. The van der Waals surface area contributed by atoms with Gasteiger partial charge >= 0.3 is 0 Å². The first-order chi connectivity index (χ1) is 7.59. The molecule has 4 nitrogen and oxygen atoms in total. The van der Waals surface area contributed by atoms with Crippen molar-refractivity contribution in [3.8, 4) is 0 Å². The molecule has 1 atom stereocenters. The van der Waals surface area contributed by atoms with Crippen molar-refractivity contribution < 1.29 is 5.11 Å². The lowest BCUT2D eigenvalue weighted by Crippen LogP contribution is -2.39. The van der Waals surface area contributed by atoms with Gasteiger partial charge < -0.3 is 15.4 Å². The van der Waals surface area contributed by atoms with Crippen LogP contribution in [-0.2, 0) is 13.0 Å². The largest absolute Gasteiger partial charge is 0.394 e. The van der Waals surface area contributed by atoms with Crippen LogP contribution in [0.5, 0.6) is 0 Å². The molecule has 1 aromatic rings. The van der Waals surface area contributed by atoms with Gasteiger partial charge in [-0.25, -0.2) is 4.98 Å². The second-order valence-corrected chi connectivity index (χ2v) is 4.66. The Kier molecular flexibility index (Phi) is 4.96. The maximum Gasteiger partial charge on any atom is 0.108 e. The highest BCUT2D eigenvalue weighted by molar-refractivity contribution is 4.91. The second-order valence-electron chi connectivity index (χ2n) is 4.66. The molecule has 1 heterocycles. The molecular formula is C12H23N3O. The number of aryl methyl sites for hydroxylation is 2. The molecule has 0 aromatic carbocycles. The topological polar surface area (TPSA) is 64.1 Å². The van der Waals surface area contributed by atoms with E-state index in [-0.39, 0.29) is 6.61 Å². The van der Waals surface area contributed by atoms with Crippen molar-refractivity contribution in [2.45, 2.75) is 51.6 Å². The Morgan fingerprint density at radius 1 is 1.50 bits per heavy atom. The number of unbranched alkanes of at least 4 members (excludes halogenated alkanes) is 1. The van der Waals surface area contributed by atoms with Gasteiger partial charge in [0.25, 0.3) is 0 Å². The molecule has 0 fully saturated rings. The van der Waals surface area contributed by atoms with Crippen molar-refractivity contribution in [1.82, 2.24) is 9.55 Å². The van der Waals surface area contributed by atoms with Crippen LogP contribution in [0.25, 0.3) is 0 Å². The minimum absolute atomic E-state index is 0.0539. The summed E-state index contributed by atoms with van der Waals surface area (Å²) in [5.74, 6) is 1.14. The van der Waals surface area contributed by atoms with Crippen LogP contribution in [0.3, 0.4) is 0 Å². The number of imidazole rings is 1. The standard InChI is InChI=1S/C12H23N3O/c1-3-11-14-7-9-15(11)8-5-4-6-12(2,13)10-16/h7,9,16H,3-6,8,10,13H2,1-2H3. The first-order valence-electron chi connectivity index (χ1n) is 5.99. The number of aromatic nitrogens is 2. The van der Waals surface area contributed by atoms with E-state index in [1.54, 1.807) is 0 Å². The van der Waals surface area contributed by atoms with Crippen molar-refractivity contribution in [2.75, 3.05) is 6.61 Å². The average molecular weight is 225 g/mol. The SMILES string of the molecule is CCc1nccn1CCCCC(C)(N)CO. The fraction of sp³-hybridized carbons (Fsp3) is 0.750. The quantitative estimate of drug-likeness (QED) is 0.688. The lowest BCUT2D eigenvalue weighted by atomic mass is 9.97. The van der Waals surface area contributed by atoms with E-state index in [1.165, 1.54) is 0 Å². The van der Waals surface area contributed by atoms with Gasteiger partial charge in [0.2, 0.25) is 0 Å². The van der Waals surface area contributed by atoms with E-state index in [1.807, 2.05) is 19.3 Å². The van der Waals surface area contributed by atoms with Gasteiger partial charge in [0.05, 0.1) is 6.61 Å². The molecule has 0 aliphatic heterocycles. The van der Waals surface area contributed by atoms with Crippen molar-refractivity contribution in [2.24, 2.45) is 5.73 Å². The Balaban J connectivity index is 2.26. The molecule has 0 bridgehead atoms. The van der Waals surface area contributed by atoms with Crippen molar-refractivity contribution in [1.29, 1.82) is 0 Å². The first-order valence-corrected chi connectivity index (χ1v) is 5.99. The molecule has 0 aliphatic rings. The summed E-state index contributed by atoms with van der Waals surface area (Å²) >= 11 is 0. The molecule has 16 heavy (non-hydrogen) atoms. The molecule has 0 aliphatic carbocycles. The highest BCUT2D eigenvalue weighted by Gasteiger charge is 2.15. The predicted octanol–water partition coefficient (Wildman–Crippen LogP) is 1.33. The van der Waals surface area contributed by atoms with E-state index in [0.717, 1.165) is 38.1 Å². The zero-order valence-electron chi connectivity index (χ0n) is 10.3. The molecule has 0 saturated carbocycles. The van der Waals surface area contributed by atoms with Crippen molar-refractivity contribution in [3.05, 3.63) is 18.2 Å². The van der Waals surface area contributed by atoms with Gasteiger partial charge in [-0.15, -0.1) is 0 Å². The van der Waals surface area contributed by atoms with Crippen LogP contribution < -0.4 is 5.73 Å². The average Bonchev–Trinajstić information content (AvgIpc) is 2.72. The smallest absolute Gasteiger partial charge is 0.108 e. The molecule has 1 unspecified atom stereocenters. The normalized spacial score (nSPS) is 15.0. The summed E-state index contributed by atoms with van der Waals surface area (Å²) in [6.07, 6.45) is 7.81. The molecule has 0 amide bonds.